The molecule has 3 rings (SSSR count). The first-order chi connectivity index (χ1) is 13.7. The maximum atomic E-state index is 11.8. The first-order valence-corrected chi connectivity index (χ1v) is 8.98. The Kier molecular flexibility index (Phi) is 7.15. The highest BCUT2D eigenvalue weighted by Crippen LogP contribution is 2.26. The van der Waals surface area contributed by atoms with Gasteiger partial charge in [0, 0.05) is 6.42 Å². The zero-order chi connectivity index (χ0) is 21.4. The van der Waals surface area contributed by atoms with Crippen LogP contribution in [0.15, 0.2) is 48.5 Å². The molecule has 1 aliphatic heterocycles. The van der Waals surface area contributed by atoms with Gasteiger partial charge in [-0.1, -0.05) is 41.3 Å². The topological polar surface area (TPSA) is 89.9 Å². The number of cyclic esters (lactones) is 1. The number of carbonyl (C=O) groups excluding carboxylic acids is 2. The van der Waals surface area contributed by atoms with E-state index in [0.717, 1.165) is 11.1 Å². The van der Waals surface area contributed by atoms with Crippen LogP contribution in [0.25, 0.3) is 0 Å². The van der Waals surface area contributed by atoms with Gasteiger partial charge in [0.1, 0.15) is 6.61 Å². The molecule has 1 fully saturated rings. The molecule has 0 unspecified atom stereocenters. The van der Waals surface area contributed by atoms with Gasteiger partial charge in [0.25, 0.3) is 0 Å². The van der Waals surface area contributed by atoms with Crippen molar-refractivity contribution in [2.45, 2.75) is 32.3 Å². The third-order valence-corrected chi connectivity index (χ3v) is 4.33. The molecule has 0 bridgehead atoms. The summed E-state index contributed by atoms with van der Waals surface area (Å²) in [4.78, 5) is 33.2. The van der Waals surface area contributed by atoms with E-state index in [4.69, 9.17) is 21.0 Å². The van der Waals surface area contributed by atoms with Crippen LogP contribution in [0.2, 0.25) is 0 Å². The summed E-state index contributed by atoms with van der Waals surface area (Å²) >= 11 is 0. The van der Waals surface area contributed by atoms with Crippen LogP contribution in [-0.4, -0.2) is 35.2 Å². The average molecular weight is 394 g/mol. The Hall–Kier alpha value is -3.59. The average Bonchev–Trinajstić information content (AvgIpc) is 3.09. The molecule has 0 aliphatic carbocycles. The summed E-state index contributed by atoms with van der Waals surface area (Å²) in [5.41, 5.74) is 1.82. The number of carboxylic acid groups (broad SMARTS) is 1. The van der Waals surface area contributed by atoms with Crippen molar-refractivity contribution in [2.75, 3.05) is 6.61 Å². The molecule has 1 saturated heterocycles. The van der Waals surface area contributed by atoms with Crippen molar-refractivity contribution in [3.05, 3.63) is 70.8 Å². The number of esters is 2. The molecule has 0 radical (unpaired) electrons. The van der Waals surface area contributed by atoms with E-state index >= 15 is 0 Å². The van der Waals surface area contributed by atoms with Gasteiger partial charge in [-0.25, -0.2) is 9.59 Å². The standard InChI is InChI=1S/C15H14O4.C8H8O2/c1-3-15(9-8-13(16)19-15)10-18-14(17)12-6-4-11(2)5-7-12;1-6-2-4-7(5-3-6)8(9)10/h1,4-7H,8-10H2,2H3;2-5H,1H3,(H,9,10)/t15-;/m0./s1. The van der Waals surface area contributed by atoms with Gasteiger partial charge in [-0.15, -0.1) is 6.42 Å². The minimum atomic E-state index is -1.10. The number of ether oxygens (including phenoxy) is 2. The van der Waals surface area contributed by atoms with Crippen LogP contribution >= 0.6 is 0 Å². The van der Waals surface area contributed by atoms with E-state index in [9.17, 15) is 14.4 Å². The Morgan fingerprint density at radius 2 is 1.59 bits per heavy atom. The van der Waals surface area contributed by atoms with Gasteiger partial charge in [0.05, 0.1) is 17.5 Å². The minimum absolute atomic E-state index is 0.109. The SMILES string of the molecule is C#C[C@@]1(COC(=O)c2ccc(C)cc2)CCC(=O)O1.Cc1ccc(C(=O)O)cc1. The van der Waals surface area contributed by atoms with E-state index < -0.39 is 17.5 Å². The summed E-state index contributed by atoms with van der Waals surface area (Å²) in [7, 11) is 0. The Labute approximate surface area is 169 Å². The van der Waals surface area contributed by atoms with Crippen LogP contribution in [0.3, 0.4) is 0 Å². The Morgan fingerprint density at radius 1 is 1.07 bits per heavy atom. The van der Waals surface area contributed by atoms with Crippen molar-refractivity contribution in [1.29, 1.82) is 0 Å². The molecule has 29 heavy (non-hydrogen) atoms. The fourth-order valence-corrected chi connectivity index (χ4v) is 2.52. The Balaban J connectivity index is 0.000000253. The lowest BCUT2D eigenvalue weighted by Gasteiger charge is -2.20. The normalized spacial score (nSPS) is 17.3. The van der Waals surface area contributed by atoms with Crippen LogP contribution in [0.4, 0.5) is 0 Å². The molecule has 2 aromatic carbocycles. The number of rotatable bonds is 4. The monoisotopic (exact) mass is 394 g/mol. The Bertz CT molecular complexity index is 921. The molecule has 1 atom stereocenters. The van der Waals surface area contributed by atoms with Gasteiger partial charge < -0.3 is 14.6 Å². The third-order valence-electron chi connectivity index (χ3n) is 4.33. The quantitative estimate of drug-likeness (QED) is 0.630. The van der Waals surface area contributed by atoms with Crippen LogP contribution in [0.5, 0.6) is 0 Å². The predicted molar refractivity (Wildman–Crippen MR) is 106 cm³/mol. The Morgan fingerprint density at radius 3 is 2.00 bits per heavy atom. The third kappa shape index (κ3) is 6.22. The second-order valence-electron chi connectivity index (χ2n) is 6.73. The van der Waals surface area contributed by atoms with Crippen molar-refractivity contribution in [2.24, 2.45) is 0 Å². The number of hydrogen-bond donors (Lipinski definition) is 1. The fraction of sp³-hybridized carbons (Fsp3) is 0.261. The highest BCUT2D eigenvalue weighted by Gasteiger charge is 2.40. The molecule has 0 saturated carbocycles. The lowest BCUT2D eigenvalue weighted by atomic mass is 10.0. The van der Waals surface area contributed by atoms with Crippen molar-refractivity contribution in [3.8, 4) is 12.3 Å². The summed E-state index contributed by atoms with van der Waals surface area (Å²) in [5.74, 6) is 0.697. The summed E-state index contributed by atoms with van der Waals surface area (Å²) in [6.45, 7) is 3.74. The summed E-state index contributed by atoms with van der Waals surface area (Å²) in [6, 6.07) is 13.8. The van der Waals surface area contributed by atoms with Crippen LogP contribution < -0.4 is 0 Å². The number of aryl methyl sites for hydroxylation is 2. The van der Waals surface area contributed by atoms with Gasteiger partial charge in [-0.2, -0.15) is 0 Å². The van der Waals surface area contributed by atoms with E-state index in [1.807, 2.05) is 26.0 Å². The number of terminal acetylenes is 1. The smallest absolute Gasteiger partial charge is 0.338 e. The summed E-state index contributed by atoms with van der Waals surface area (Å²) in [6.07, 6.45) is 5.99. The molecule has 1 heterocycles. The lowest BCUT2D eigenvalue weighted by Crippen LogP contribution is -2.33. The molecule has 6 heteroatoms. The molecule has 2 aromatic rings. The highest BCUT2D eigenvalue weighted by atomic mass is 16.6. The maximum absolute atomic E-state index is 11.8. The van der Waals surface area contributed by atoms with E-state index in [1.54, 1.807) is 36.4 Å². The van der Waals surface area contributed by atoms with Gasteiger partial charge in [0.15, 0.2) is 0 Å². The molecule has 0 amide bonds. The number of aromatic carboxylic acids is 1. The van der Waals surface area contributed by atoms with Crippen molar-refractivity contribution in [3.63, 3.8) is 0 Å². The van der Waals surface area contributed by atoms with Crippen molar-refractivity contribution in [1.82, 2.24) is 0 Å². The van der Waals surface area contributed by atoms with Gasteiger partial charge >= 0.3 is 17.9 Å². The number of hydrogen-bond acceptors (Lipinski definition) is 5. The molecule has 150 valence electrons. The van der Waals surface area contributed by atoms with Crippen molar-refractivity contribution >= 4 is 17.9 Å². The molecular formula is C23H22O6. The first-order valence-electron chi connectivity index (χ1n) is 8.98. The molecular weight excluding hydrogens is 372 g/mol. The fourth-order valence-electron chi connectivity index (χ4n) is 2.52. The molecule has 0 spiro atoms. The number of benzene rings is 2. The lowest BCUT2D eigenvalue weighted by molar-refractivity contribution is -0.147. The summed E-state index contributed by atoms with van der Waals surface area (Å²) < 4.78 is 10.2. The van der Waals surface area contributed by atoms with E-state index in [2.05, 4.69) is 5.92 Å². The van der Waals surface area contributed by atoms with Crippen molar-refractivity contribution < 1.29 is 29.0 Å². The van der Waals surface area contributed by atoms with Crippen LogP contribution in [-0.2, 0) is 14.3 Å². The maximum Gasteiger partial charge on any atom is 0.338 e. The first kappa shape index (κ1) is 21.7. The number of carboxylic acids is 1. The van der Waals surface area contributed by atoms with Gasteiger partial charge in [0.2, 0.25) is 5.60 Å². The molecule has 6 nitrogen and oxygen atoms in total. The second kappa shape index (κ2) is 9.56. The van der Waals surface area contributed by atoms with Crippen LogP contribution in [0, 0.1) is 26.2 Å². The zero-order valence-electron chi connectivity index (χ0n) is 16.3. The molecule has 0 aromatic heterocycles. The number of carbonyl (C=O) groups is 3. The van der Waals surface area contributed by atoms with Gasteiger partial charge in [-0.05, 0) is 38.1 Å². The van der Waals surface area contributed by atoms with E-state index in [0.29, 0.717) is 17.5 Å². The molecule has 1 aliphatic rings. The molecule has 1 N–H and O–H groups in total. The van der Waals surface area contributed by atoms with Gasteiger partial charge in [-0.3, -0.25) is 4.79 Å². The largest absolute Gasteiger partial charge is 0.478 e. The van der Waals surface area contributed by atoms with Crippen LogP contribution in [0.1, 0.15) is 44.7 Å². The highest BCUT2D eigenvalue weighted by molar-refractivity contribution is 5.89. The van der Waals surface area contributed by atoms with E-state index in [1.165, 1.54) is 0 Å². The predicted octanol–water partition coefficient (Wildman–Crippen LogP) is 3.55. The summed E-state index contributed by atoms with van der Waals surface area (Å²) in [5, 5.41) is 8.48. The van der Waals surface area contributed by atoms with E-state index in [-0.39, 0.29) is 19.0 Å². The minimum Gasteiger partial charge on any atom is -0.478 e. The zero-order valence-corrected chi connectivity index (χ0v) is 16.3. The second-order valence-corrected chi connectivity index (χ2v) is 6.73.